The van der Waals surface area contributed by atoms with Crippen LogP contribution in [-0.4, -0.2) is 21.3 Å². The minimum Gasteiger partial charge on any atom is -0.347 e. The molecule has 0 unspecified atom stereocenters. The molecule has 1 aromatic rings. The zero-order valence-corrected chi connectivity index (χ0v) is 16.7. The number of hydrogen-bond donors (Lipinski definition) is 1. The summed E-state index contributed by atoms with van der Waals surface area (Å²) in [5, 5.41) is 2.78. The highest BCUT2D eigenvalue weighted by molar-refractivity contribution is 9.42. The van der Waals surface area contributed by atoms with E-state index in [0.29, 0.717) is 0 Å². The van der Waals surface area contributed by atoms with Crippen molar-refractivity contribution in [3.63, 3.8) is 0 Å². The van der Waals surface area contributed by atoms with E-state index in [-0.39, 0.29) is 16.4 Å². The molecule has 0 aliphatic heterocycles. The molecule has 0 radical (unpaired) electrons. The van der Waals surface area contributed by atoms with E-state index in [2.05, 4.69) is 53.1 Å². The van der Waals surface area contributed by atoms with E-state index >= 15 is 0 Å². The van der Waals surface area contributed by atoms with Crippen LogP contribution in [0.2, 0.25) is 0 Å². The largest absolute Gasteiger partial charge is 0.347 e. The van der Waals surface area contributed by atoms with Crippen molar-refractivity contribution >= 4 is 63.5 Å². The first-order valence-corrected chi connectivity index (χ1v) is 9.45. The topological polar surface area (TPSA) is 63.2 Å². The van der Waals surface area contributed by atoms with Gasteiger partial charge in [-0.2, -0.15) is 0 Å². The lowest BCUT2D eigenvalue weighted by Gasteiger charge is -2.21. The second-order valence-electron chi connectivity index (χ2n) is 5.18. The lowest BCUT2D eigenvalue weighted by atomic mass is 10.1. The predicted octanol–water partition coefficient (Wildman–Crippen LogP) is 3.78. The molecule has 1 aromatic carbocycles. The lowest BCUT2D eigenvalue weighted by Crippen LogP contribution is -2.40. The summed E-state index contributed by atoms with van der Waals surface area (Å²) in [5.41, 5.74) is -0.103. The van der Waals surface area contributed by atoms with Gasteiger partial charge in [0, 0.05) is 11.1 Å². The van der Waals surface area contributed by atoms with Gasteiger partial charge in [0.05, 0.1) is 4.90 Å². The normalized spacial score (nSPS) is 13.1. The third-order valence-electron chi connectivity index (χ3n) is 2.20. The molecule has 20 heavy (non-hydrogen) atoms. The van der Waals surface area contributed by atoms with Crippen LogP contribution in [0.4, 0.5) is 0 Å². The van der Waals surface area contributed by atoms with Crippen molar-refractivity contribution in [3.05, 3.63) is 29.8 Å². The van der Waals surface area contributed by atoms with Gasteiger partial charge in [0.15, 0.2) is 0 Å². The number of sulfone groups is 1. The van der Waals surface area contributed by atoms with Gasteiger partial charge in [-0.25, -0.2) is 8.42 Å². The molecule has 0 spiro atoms. The highest BCUT2D eigenvalue weighted by Gasteiger charge is 2.37. The van der Waals surface area contributed by atoms with E-state index in [1.54, 1.807) is 6.07 Å². The molecule has 0 saturated carbocycles. The van der Waals surface area contributed by atoms with Crippen LogP contribution in [0.3, 0.4) is 0 Å². The molecule has 8 heteroatoms. The zero-order chi connectivity index (χ0) is 15.8. The minimum absolute atomic E-state index is 0.0321. The average Bonchev–Trinajstić information content (AvgIpc) is 2.25. The summed E-state index contributed by atoms with van der Waals surface area (Å²) >= 11 is 8.98. The van der Waals surface area contributed by atoms with Gasteiger partial charge >= 0.3 is 0 Å². The number of carbonyl (C=O) groups is 1. The van der Waals surface area contributed by atoms with Crippen molar-refractivity contribution in [3.8, 4) is 0 Å². The fraction of sp³-hybridized carbons (Fsp3) is 0.417. The fourth-order valence-corrected chi connectivity index (χ4v) is 3.84. The quantitative estimate of drug-likeness (QED) is 0.640. The van der Waals surface area contributed by atoms with Gasteiger partial charge in [0.2, 0.25) is 11.3 Å². The van der Waals surface area contributed by atoms with Crippen LogP contribution in [-0.2, 0) is 9.84 Å². The van der Waals surface area contributed by atoms with Crippen molar-refractivity contribution in [2.24, 2.45) is 0 Å². The summed E-state index contributed by atoms with van der Waals surface area (Å²) in [6.07, 6.45) is 0. The van der Waals surface area contributed by atoms with Crippen LogP contribution in [0.25, 0.3) is 0 Å². The smallest absolute Gasteiger partial charge is 0.251 e. The van der Waals surface area contributed by atoms with Crippen LogP contribution >= 0.6 is 47.8 Å². The molecule has 0 saturated heterocycles. The Morgan fingerprint density at radius 3 is 2.15 bits per heavy atom. The average molecular weight is 492 g/mol. The Bertz CT molecular complexity index is 616. The Morgan fingerprint density at radius 1 is 1.15 bits per heavy atom. The van der Waals surface area contributed by atoms with Gasteiger partial charge in [-0.05, 0) is 86.8 Å². The molecular weight excluding hydrogens is 478 g/mol. The molecule has 0 atom stereocenters. The number of benzene rings is 1. The summed E-state index contributed by atoms with van der Waals surface area (Å²) in [7, 11) is -3.71. The standard InChI is InChI=1S/C12H14Br3NO3S/c1-11(2,3)16-10(17)8-5-4-6-9(7-8)20(18,19)12(13,14)15/h4-7H,1-3H3,(H,16,17). The molecular formula is C12H14Br3NO3S. The predicted molar refractivity (Wildman–Crippen MR) is 90.4 cm³/mol. The fourth-order valence-electron chi connectivity index (χ4n) is 1.35. The zero-order valence-electron chi connectivity index (χ0n) is 11.1. The third-order valence-corrected chi connectivity index (χ3v) is 7.52. The summed E-state index contributed by atoms with van der Waals surface area (Å²) < 4.78 is 23.0. The molecule has 1 amide bonds. The van der Waals surface area contributed by atoms with Gasteiger partial charge < -0.3 is 5.32 Å². The Kier molecular flexibility index (Phi) is 5.49. The third kappa shape index (κ3) is 4.54. The van der Waals surface area contributed by atoms with Gasteiger partial charge in [-0.3, -0.25) is 4.79 Å². The lowest BCUT2D eigenvalue weighted by molar-refractivity contribution is 0.0919. The first-order chi connectivity index (χ1) is 8.84. The van der Waals surface area contributed by atoms with Crippen LogP contribution in [0.5, 0.6) is 0 Å². The maximum absolute atomic E-state index is 12.2. The van der Waals surface area contributed by atoms with Crippen LogP contribution in [0.15, 0.2) is 29.2 Å². The van der Waals surface area contributed by atoms with Crippen molar-refractivity contribution < 1.29 is 13.2 Å². The molecule has 112 valence electrons. The van der Waals surface area contributed by atoms with Crippen molar-refractivity contribution in [1.29, 1.82) is 0 Å². The first kappa shape index (κ1) is 18.1. The molecule has 0 fully saturated rings. The number of alkyl halides is 3. The molecule has 1 rings (SSSR count). The summed E-state index contributed by atoms with van der Waals surface area (Å²) in [5.74, 6) is -0.320. The maximum atomic E-state index is 12.2. The van der Waals surface area contributed by atoms with E-state index in [1.807, 2.05) is 20.8 Å². The number of amides is 1. The van der Waals surface area contributed by atoms with Crippen molar-refractivity contribution in [2.75, 3.05) is 0 Å². The SMILES string of the molecule is CC(C)(C)NC(=O)c1cccc(S(=O)(=O)C(Br)(Br)Br)c1. The number of halogens is 3. The molecule has 0 bridgehead atoms. The van der Waals surface area contributed by atoms with Gasteiger partial charge in [-0.1, -0.05) is 6.07 Å². The molecule has 0 heterocycles. The second kappa shape index (κ2) is 6.06. The minimum atomic E-state index is -3.71. The van der Waals surface area contributed by atoms with E-state index in [4.69, 9.17) is 0 Å². The highest BCUT2D eigenvalue weighted by atomic mass is 80.0. The monoisotopic (exact) mass is 489 g/mol. The Hall–Kier alpha value is 0.0800. The molecule has 0 aliphatic rings. The van der Waals surface area contributed by atoms with Crippen LogP contribution < -0.4 is 5.32 Å². The number of rotatable bonds is 2. The van der Waals surface area contributed by atoms with Crippen LogP contribution in [0.1, 0.15) is 31.1 Å². The Labute approximate surface area is 144 Å². The van der Waals surface area contributed by atoms with Gasteiger partial charge in [0.1, 0.15) is 0 Å². The summed E-state index contributed by atoms with van der Waals surface area (Å²) in [4.78, 5) is 12.1. The number of nitrogens with one attached hydrogen (secondary N) is 1. The maximum Gasteiger partial charge on any atom is 0.251 e. The Balaban J connectivity index is 3.19. The summed E-state index contributed by atoms with van der Waals surface area (Å²) in [6, 6.07) is 5.87. The number of hydrogen-bond acceptors (Lipinski definition) is 3. The van der Waals surface area contributed by atoms with Crippen LogP contribution in [0, 0.1) is 0 Å². The van der Waals surface area contributed by atoms with Crippen molar-refractivity contribution in [1.82, 2.24) is 5.32 Å². The number of carbonyl (C=O) groups excluding carboxylic acids is 1. The van der Waals surface area contributed by atoms with E-state index < -0.39 is 16.9 Å². The van der Waals surface area contributed by atoms with Gasteiger partial charge in [-0.15, -0.1) is 0 Å². The second-order valence-corrected chi connectivity index (χ2v) is 15.6. The molecule has 0 aliphatic carbocycles. The Morgan fingerprint density at radius 2 is 1.70 bits per heavy atom. The van der Waals surface area contributed by atoms with Crippen molar-refractivity contribution in [2.45, 2.75) is 32.7 Å². The highest BCUT2D eigenvalue weighted by Crippen LogP contribution is 2.43. The van der Waals surface area contributed by atoms with E-state index in [9.17, 15) is 13.2 Å². The first-order valence-electron chi connectivity index (χ1n) is 5.58. The molecule has 4 nitrogen and oxygen atoms in total. The van der Waals surface area contributed by atoms with Gasteiger partial charge in [0.25, 0.3) is 5.91 Å². The summed E-state index contributed by atoms with van der Waals surface area (Å²) in [6.45, 7) is 5.56. The molecule has 0 aromatic heterocycles. The van der Waals surface area contributed by atoms with E-state index in [0.717, 1.165) is 0 Å². The van der Waals surface area contributed by atoms with E-state index in [1.165, 1.54) is 18.2 Å². The molecule has 1 N–H and O–H groups in total.